The third kappa shape index (κ3) is 2.70. The Morgan fingerprint density at radius 3 is 2.86 bits per heavy atom. The van der Waals surface area contributed by atoms with Gasteiger partial charge in [-0.1, -0.05) is 18.9 Å². The SMILES string of the molecule is N#Cc1ccc(F)c2cc(C3=CCN(S)CC3)n(SI)c12. The van der Waals surface area contributed by atoms with Crippen LogP contribution in [0.15, 0.2) is 24.3 Å². The highest BCUT2D eigenvalue weighted by Gasteiger charge is 2.20. The first-order chi connectivity index (χ1) is 10.2. The lowest BCUT2D eigenvalue weighted by molar-refractivity contribution is 0.522. The Morgan fingerprint density at radius 2 is 2.24 bits per heavy atom. The summed E-state index contributed by atoms with van der Waals surface area (Å²) in [4.78, 5) is 0. The summed E-state index contributed by atoms with van der Waals surface area (Å²) in [6, 6.07) is 6.89. The molecule has 0 saturated heterocycles. The molecular formula is C14H11FIN3S2. The fourth-order valence-electron chi connectivity index (χ4n) is 2.53. The van der Waals surface area contributed by atoms with E-state index in [-0.39, 0.29) is 5.82 Å². The van der Waals surface area contributed by atoms with E-state index in [2.05, 4.69) is 46.2 Å². The van der Waals surface area contributed by atoms with Gasteiger partial charge in [0.15, 0.2) is 0 Å². The molecule has 0 spiro atoms. The summed E-state index contributed by atoms with van der Waals surface area (Å²) >= 11 is 6.50. The number of fused-ring (bicyclic) bond motifs is 1. The average Bonchev–Trinajstić information content (AvgIpc) is 2.89. The van der Waals surface area contributed by atoms with E-state index in [9.17, 15) is 9.65 Å². The van der Waals surface area contributed by atoms with Crippen molar-refractivity contribution in [2.24, 2.45) is 0 Å². The molecule has 0 unspecified atom stereocenters. The predicted octanol–water partition coefficient (Wildman–Crippen LogP) is 4.43. The van der Waals surface area contributed by atoms with Crippen molar-refractivity contribution in [1.29, 1.82) is 5.26 Å². The van der Waals surface area contributed by atoms with Crippen molar-refractivity contribution in [2.75, 3.05) is 13.1 Å². The Labute approximate surface area is 144 Å². The molecule has 2 heterocycles. The van der Waals surface area contributed by atoms with E-state index >= 15 is 0 Å². The fraction of sp³-hybridized carbons (Fsp3) is 0.214. The molecule has 0 fully saturated rings. The van der Waals surface area contributed by atoms with Gasteiger partial charge in [-0.3, -0.25) is 3.97 Å². The second kappa shape index (κ2) is 6.20. The maximum atomic E-state index is 14.1. The van der Waals surface area contributed by atoms with Gasteiger partial charge in [-0.25, -0.2) is 8.70 Å². The van der Waals surface area contributed by atoms with E-state index in [0.717, 1.165) is 25.2 Å². The first-order valence-electron chi connectivity index (χ1n) is 6.32. The summed E-state index contributed by atoms with van der Waals surface area (Å²) in [5, 5.41) is 9.77. The number of nitriles is 1. The maximum Gasteiger partial charge on any atom is 0.132 e. The minimum atomic E-state index is -0.290. The van der Waals surface area contributed by atoms with E-state index in [4.69, 9.17) is 0 Å². The zero-order chi connectivity index (χ0) is 15.0. The first-order valence-corrected chi connectivity index (χ1v) is 10.0. The van der Waals surface area contributed by atoms with Gasteiger partial charge < -0.3 is 0 Å². The van der Waals surface area contributed by atoms with E-state index in [1.165, 1.54) is 26.8 Å². The maximum absolute atomic E-state index is 14.1. The minimum Gasteiger partial charge on any atom is -0.274 e. The molecule has 0 N–H and O–H groups in total. The molecule has 2 aromatic rings. The third-order valence-corrected chi connectivity index (χ3v) is 5.64. The first kappa shape index (κ1) is 15.2. The highest BCUT2D eigenvalue weighted by Crippen LogP contribution is 2.36. The van der Waals surface area contributed by atoms with E-state index in [1.54, 1.807) is 0 Å². The summed E-state index contributed by atoms with van der Waals surface area (Å²) in [5.41, 5.74) is 3.28. The lowest BCUT2D eigenvalue weighted by Crippen LogP contribution is -2.19. The average molecular weight is 431 g/mol. The topological polar surface area (TPSA) is 32.0 Å². The van der Waals surface area contributed by atoms with Gasteiger partial charge in [0.05, 0.1) is 16.8 Å². The van der Waals surface area contributed by atoms with Crippen LogP contribution in [-0.4, -0.2) is 21.4 Å². The fourth-order valence-corrected chi connectivity index (χ4v) is 4.45. The highest BCUT2D eigenvalue weighted by molar-refractivity contribution is 14.2. The molecule has 1 aromatic heterocycles. The third-order valence-electron chi connectivity index (χ3n) is 3.57. The van der Waals surface area contributed by atoms with Crippen molar-refractivity contribution in [1.82, 2.24) is 8.28 Å². The molecule has 3 nitrogen and oxygen atoms in total. The van der Waals surface area contributed by atoms with Crippen molar-refractivity contribution in [3.8, 4) is 6.07 Å². The van der Waals surface area contributed by atoms with Crippen LogP contribution >= 0.6 is 43.1 Å². The number of nitrogens with zero attached hydrogens (tertiary/aromatic N) is 3. The summed E-state index contributed by atoms with van der Waals surface area (Å²) in [7, 11) is 1.46. The van der Waals surface area contributed by atoms with Gasteiger partial charge >= 0.3 is 0 Å². The van der Waals surface area contributed by atoms with Gasteiger partial charge in [-0.15, -0.1) is 0 Å². The number of hydrogen-bond acceptors (Lipinski definition) is 4. The largest absolute Gasteiger partial charge is 0.274 e. The molecule has 1 aliphatic rings. The van der Waals surface area contributed by atoms with Gasteiger partial charge in [-0.2, -0.15) is 5.26 Å². The number of halogens is 2. The predicted molar refractivity (Wildman–Crippen MR) is 96.8 cm³/mol. The molecule has 0 amide bonds. The van der Waals surface area contributed by atoms with E-state index < -0.39 is 0 Å². The monoisotopic (exact) mass is 431 g/mol. The number of hydrogen-bond donors (Lipinski definition) is 1. The number of aromatic nitrogens is 1. The summed E-state index contributed by atoms with van der Waals surface area (Å²) in [5.74, 6) is -0.290. The van der Waals surface area contributed by atoms with E-state index in [0.29, 0.717) is 16.5 Å². The Morgan fingerprint density at radius 1 is 1.43 bits per heavy atom. The highest BCUT2D eigenvalue weighted by atomic mass is 127. The van der Waals surface area contributed by atoms with Gasteiger partial charge in [0, 0.05) is 48.8 Å². The number of thiol groups is 1. The molecule has 1 aliphatic heterocycles. The lowest BCUT2D eigenvalue weighted by atomic mass is 10.1. The van der Waals surface area contributed by atoms with Gasteiger partial charge in [-0.05, 0) is 30.2 Å². The summed E-state index contributed by atoms with van der Waals surface area (Å²) < 4.78 is 18.0. The van der Waals surface area contributed by atoms with Crippen LogP contribution in [0.3, 0.4) is 0 Å². The molecule has 3 rings (SSSR count). The Balaban J connectivity index is 2.25. The quantitative estimate of drug-likeness (QED) is 0.564. The van der Waals surface area contributed by atoms with Crippen LogP contribution in [0.2, 0.25) is 0 Å². The van der Waals surface area contributed by atoms with E-state index in [1.807, 2.05) is 14.3 Å². The van der Waals surface area contributed by atoms with Crippen LogP contribution in [0.25, 0.3) is 16.5 Å². The second-order valence-electron chi connectivity index (χ2n) is 4.75. The van der Waals surface area contributed by atoms with Crippen LogP contribution in [0, 0.1) is 17.1 Å². The Kier molecular flexibility index (Phi) is 4.49. The zero-order valence-corrected chi connectivity index (χ0v) is 14.8. The summed E-state index contributed by atoms with van der Waals surface area (Å²) in [6.07, 6.45) is 2.97. The molecular weight excluding hydrogens is 420 g/mol. The Hall–Kier alpha value is -0.690. The normalized spacial score (nSPS) is 16.0. The lowest BCUT2D eigenvalue weighted by Gasteiger charge is -2.21. The number of rotatable bonds is 2. The van der Waals surface area contributed by atoms with Crippen LogP contribution in [0.4, 0.5) is 4.39 Å². The molecule has 7 heteroatoms. The van der Waals surface area contributed by atoms with Crippen molar-refractivity contribution >= 4 is 59.6 Å². The van der Waals surface area contributed by atoms with Crippen LogP contribution in [0.5, 0.6) is 0 Å². The smallest absolute Gasteiger partial charge is 0.132 e. The standard InChI is InChI=1S/C14H11FIN3S2/c15-12-2-1-10(8-17)14-11(12)7-13(19(14)21-16)9-3-5-18(20)6-4-9/h1-3,7,20H,4-6H2. The molecule has 1 aromatic carbocycles. The van der Waals surface area contributed by atoms with Gasteiger partial charge in [0.1, 0.15) is 11.9 Å². The molecule has 108 valence electrons. The Bertz CT molecular complexity index is 779. The van der Waals surface area contributed by atoms with Crippen LogP contribution in [-0.2, 0) is 0 Å². The molecule has 0 atom stereocenters. The molecule has 21 heavy (non-hydrogen) atoms. The van der Waals surface area contributed by atoms with Crippen molar-refractivity contribution in [2.45, 2.75) is 6.42 Å². The van der Waals surface area contributed by atoms with Crippen LogP contribution < -0.4 is 0 Å². The van der Waals surface area contributed by atoms with Gasteiger partial charge in [0.2, 0.25) is 0 Å². The number of benzene rings is 1. The molecule has 0 saturated carbocycles. The zero-order valence-electron chi connectivity index (χ0n) is 10.9. The molecule has 0 bridgehead atoms. The molecule has 0 radical (unpaired) electrons. The van der Waals surface area contributed by atoms with Crippen molar-refractivity contribution < 1.29 is 4.39 Å². The van der Waals surface area contributed by atoms with Crippen molar-refractivity contribution in [3.63, 3.8) is 0 Å². The second-order valence-corrected chi connectivity index (χ2v) is 7.00. The van der Waals surface area contributed by atoms with Crippen LogP contribution in [0.1, 0.15) is 17.7 Å². The molecule has 0 aliphatic carbocycles. The summed E-state index contributed by atoms with van der Waals surface area (Å²) in [6.45, 7) is 1.62. The van der Waals surface area contributed by atoms with Crippen molar-refractivity contribution in [3.05, 3.63) is 41.3 Å². The minimum absolute atomic E-state index is 0.290. The van der Waals surface area contributed by atoms with Gasteiger partial charge in [0.25, 0.3) is 0 Å².